The molecule has 5 nitrogen and oxygen atoms in total. The van der Waals surface area contributed by atoms with E-state index in [1.807, 2.05) is 31.6 Å². The van der Waals surface area contributed by atoms with Gasteiger partial charge in [-0.15, -0.1) is 0 Å². The summed E-state index contributed by atoms with van der Waals surface area (Å²) in [4.78, 5) is 26.0. The van der Waals surface area contributed by atoms with Crippen LogP contribution in [0.5, 0.6) is 0 Å². The molecule has 24 heavy (non-hydrogen) atoms. The second-order valence-electron chi connectivity index (χ2n) is 6.17. The minimum Gasteiger partial charge on any atom is -0.350 e. The Bertz CT molecular complexity index is 741. The fourth-order valence-corrected chi connectivity index (χ4v) is 3.59. The summed E-state index contributed by atoms with van der Waals surface area (Å²) in [5, 5.41) is 10.0. The lowest BCUT2D eigenvalue weighted by Gasteiger charge is -2.24. The Morgan fingerprint density at radius 2 is 2.17 bits per heavy atom. The van der Waals surface area contributed by atoms with Crippen LogP contribution in [-0.2, 0) is 11.2 Å². The van der Waals surface area contributed by atoms with E-state index in [1.54, 1.807) is 17.4 Å². The highest BCUT2D eigenvalue weighted by atomic mass is 32.1. The number of nitrogens with one attached hydrogen (secondary N) is 2. The van der Waals surface area contributed by atoms with Gasteiger partial charge < -0.3 is 15.5 Å². The van der Waals surface area contributed by atoms with Crippen molar-refractivity contribution in [2.24, 2.45) is 0 Å². The van der Waals surface area contributed by atoms with Gasteiger partial charge >= 0.3 is 0 Å². The van der Waals surface area contributed by atoms with Crippen LogP contribution in [-0.4, -0.2) is 37.4 Å². The predicted molar refractivity (Wildman–Crippen MR) is 96.5 cm³/mol. The van der Waals surface area contributed by atoms with E-state index in [0.29, 0.717) is 24.9 Å². The zero-order chi connectivity index (χ0) is 17.1. The third kappa shape index (κ3) is 3.66. The predicted octanol–water partition coefficient (Wildman–Crippen LogP) is 2.67. The summed E-state index contributed by atoms with van der Waals surface area (Å²) in [7, 11) is 4.02. The number of amides is 2. The maximum Gasteiger partial charge on any atom is 0.251 e. The van der Waals surface area contributed by atoms with E-state index >= 15 is 0 Å². The van der Waals surface area contributed by atoms with Gasteiger partial charge in [-0.25, -0.2) is 0 Å². The van der Waals surface area contributed by atoms with Crippen molar-refractivity contribution in [2.45, 2.75) is 18.9 Å². The standard InChI is InChI=1S/C18H21N3O2S/c1-21(2)16(14-7-8-24-11-14)10-19-18(23)13-3-5-15-12(9-13)4-6-17(22)20-15/h3,5,7-9,11,16H,4,6,10H2,1-2H3,(H,19,23)(H,20,22)/t16-/m1/s1. The van der Waals surface area contributed by atoms with Gasteiger partial charge in [-0.2, -0.15) is 11.3 Å². The van der Waals surface area contributed by atoms with Gasteiger partial charge in [-0.05, 0) is 66.7 Å². The number of carbonyl (C=O) groups excluding carboxylic acids is 2. The van der Waals surface area contributed by atoms with Crippen molar-refractivity contribution in [2.75, 3.05) is 26.0 Å². The molecule has 0 unspecified atom stereocenters. The molecule has 0 spiro atoms. The number of hydrogen-bond acceptors (Lipinski definition) is 4. The zero-order valence-electron chi connectivity index (χ0n) is 13.8. The van der Waals surface area contributed by atoms with Crippen molar-refractivity contribution in [1.82, 2.24) is 10.2 Å². The van der Waals surface area contributed by atoms with E-state index in [4.69, 9.17) is 0 Å². The molecular formula is C18H21N3O2S. The van der Waals surface area contributed by atoms with E-state index in [0.717, 1.165) is 11.3 Å². The van der Waals surface area contributed by atoms with E-state index in [1.165, 1.54) is 5.56 Å². The molecule has 0 fully saturated rings. The van der Waals surface area contributed by atoms with Crippen LogP contribution >= 0.6 is 11.3 Å². The van der Waals surface area contributed by atoms with Gasteiger partial charge in [0.25, 0.3) is 5.91 Å². The first kappa shape index (κ1) is 16.7. The van der Waals surface area contributed by atoms with Gasteiger partial charge in [0, 0.05) is 24.2 Å². The van der Waals surface area contributed by atoms with Gasteiger partial charge in [0.05, 0.1) is 6.04 Å². The number of nitrogens with zero attached hydrogens (tertiary/aromatic N) is 1. The van der Waals surface area contributed by atoms with Crippen molar-refractivity contribution in [1.29, 1.82) is 0 Å². The molecule has 6 heteroatoms. The van der Waals surface area contributed by atoms with Crippen LogP contribution in [0.1, 0.15) is 33.9 Å². The molecule has 0 radical (unpaired) electrons. The smallest absolute Gasteiger partial charge is 0.251 e. The average molecular weight is 343 g/mol. The Hall–Kier alpha value is -2.18. The summed E-state index contributed by atoms with van der Waals surface area (Å²) in [6.07, 6.45) is 1.15. The Morgan fingerprint density at radius 1 is 1.33 bits per heavy atom. The third-order valence-electron chi connectivity index (χ3n) is 4.27. The fraction of sp³-hybridized carbons (Fsp3) is 0.333. The molecule has 0 bridgehead atoms. The molecular weight excluding hydrogens is 322 g/mol. The molecule has 2 heterocycles. The lowest BCUT2D eigenvalue weighted by atomic mass is 10.00. The van der Waals surface area contributed by atoms with Gasteiger partial charge in [0.1, 0.15) is 0 Å². The van der Waals surface area contributed by atoms with Crippen LogP contribution in [0.2, 0.25) is 0 Å². The second kappa shape index (κ2) is 7.15. The number of rotatable bonds is 5. The maximum absolute atomic E-state index is 12.5. The highest BCUT2D eigenvalue weighted by molar-refractivity contribution is 7.07. The van der Waals surface area contributed by atoms with Crippen molar-refractivity contribution >= 4 is 28.8 Å². The van der Waals surface area contributed by atoms with Crippen molar-refractivity contribution in [3.63, 3.8) is 0 Å². The number of anilines is 1. The number of aryl methyl sites for hydroxylation is 1. The zero-order valence-corrected chi connectivity index (χ0v) is 14.7. The van der Waals surface area contributed by atoms with Gasteiger partial charge in [-0.3, -0.25) is 9.59 Å². The number of carbonyl (C=O) groups is 2. The highest BCUT2D eigenvalue weighted by Gasteiger charge is 2.19. The van der Waals surface area contributed by atoms with Gasteiger partial charge in [-0.1, -0.05) is 0 Å². The van der Waals surface area contributed by atoms with E-state index in [9.17, 15) is 9.59 Å². The van der Waals surface area contributed by atoms with E-state index in [-0.39, 0.29) is 17.9 Å². The van der Waals surface area contributed by atoms with Crippen LogP contribution in [0.4, 0.5) is 5.69 Å². The maximum atomic E-state index is 12.5. The topological polar surface area (TPSA) is 61.4 Å². The average Bonchev–Trinajstić information content (AvgIpc) is 3.08. The van der Waals surface area contributed by atoms with Crippen LogP contribution in [0.25, 0.3) is 0 Å². The van der Waals surface area contributed by atoms with Gasteiger partial charge in [0.15, 0.2) is 0 Å². The SMILES string of the molecule is CN(C)[C@H](CNC(=O)c1ccc2c(c1)CCC(=O)N2)c1ccsc1. The monoisotopic (exact) mass is 343 g/mol. The van der Waals surface area contributed by atoms with Gasteiger partial charge in [0.2, 0.25) is 5.91 Å². The van der Waals surface area contributed by atoms with E-state index < -0.39 is 0 Å². The van der Waals surface area contributed by atoms with Crippen LogP contribution in [0.3, 0.4) is 0 Å². The molecule has 126 valence electrons. The summed E-state index contributed by atoms with van der Waals surface area (Å²) in [6, 6.07) is 7.68. The summed E-state index contributed by atoms with van der Waals surface area (Å²) in [6.45, 7) is 0.552. The molecule has 2 N–H and O–H groups in total. The highest BCUT2D eigenvalue weighted by Crippen LogP contribution is 2.24. The molecule has 2 aromatic rings. The lowest BCUT2D eigenvalue weighted by molar-refractivity contribution is -0.116. The van der Waals surface area contributed by atoms with Crippen molar-refractivity contribution in [3.8, 4) is 0 Å². The number of benzene rings is 1. The minimum atomic E-state index is -0.0863. The quantitative estimate of drug-likeness (QED) is 0.877. The number of likely N-dealkylation sites (N-methyl/N-ethyl adjacent to an activating group) is 1. The first-order valence-electron chi connectivity index (χ1n) is 7.94. The molecule has 1 atom stereocenters. The lowest BCUT2D eigenvalue weighted by Crippen LogP contribution is -2.34. The van der Waals surface area contributed by atoms with Crippen LogP contribution < -0.4 is 10.6 Å². The molecule has 1 aliphatic heterocycles. The Morgan fingerprint density at radius 3 is 2.88 bits per heavy atom. The molecule has 3 rings (SSSR count). The molecule has 0 saturated heterocycles. The van der Waals surface area contributed by atoms with Crippen LogP contribution in [0.15, 0.2) is 35.0 Å². The van der Waals surface area contributed by atoms with Crippen LogP contribution in [0, 0.1) is 0 Å². The molecule has 0 aliphatic carbocycles. The minimum absolute atomic E-state index is 0.0317. The number of fused-ring (bicyclic) bond motifs is 1. The third-order valence-corrected chi connectivity index (χ3v) is 4.97. The number of thiophene rings is 1. The van der Waals surface area contributed by atoms with E-state index in [2.05, 4.69) is 27.0 Å². The first-order valence-corrected chi connectivity index (χ1v) is 8.88. The summed E-state index contributed by atoms with van der Waals surface area (Å²) < 4.78 is 0. The summed E-state index contributed by atoms with van der Waals surface area (Å²) in [5.74, 6) is -0.0546. The second-order valence-corrected chi connectivity index (χ2v) is 6.95. The Labute approximate surface area is 145 Å². The van der Waals surface area contributed by atoms with Crippen molar-refractivity contribution in [3.05, 3.63) is 51.7 Å². The fourth-order valence-electron chi connectivity index (χ4n) is 2.88. The molecule has 1 aromatic heterocycles. The summed E-state index contributed by atoms with van der Waals surface area (Å²) >= 11 is 1.66. The molecule has 1 aliphatic rings. The normalized spacial score (nSPS) is 14.9. The Kier molecular flexibility index (Phi) is 4.97. The first-order chi connectivity index (χ1) is 11.5. The number of hydrogen-bond donors (Lipinski definition) is 2. The van der Waals surface area contributed by atoms with Crippen molar-refractivity contribution < 1.29 is 9.59 Å². The molecule has 1 aromatic carbocycles. The summed E-state index contributed by atoms with van der Waals surface area (Å²) in [5.41, 5.74) is 3.67. The molecule has 0 saturated carbocycles. The largest absolute Gasteiger partial charge is 0.350 e. The Balaban J connectivity index is 1.68. The molecule has 2 amide bonds.